The smallest absolute Gasteiger partial charge is 0.314 e. The Balaban J connectivity index is 1.68. The Morgan fingerprint density at radius 1 is 1.25 bits per heavy atom. The first kappa shape index (κ1) is 16.5. The van der Waals surface area contributed by atoms with E-state index in [1.165, 1.54) is 4.68 Å². The van der Waals surface area contributed by atoms with Crippen molar-refractivity contribution in [2.75, 3.05) is 5.32 Å². The number of aromatic nitrogens is 2. The Hall–Kier alpha value is -2.34. The fourth-order valence-corrected chi connectivity index (χ4v) is 2.81. The summed E-state index contributed by atoms with van der Waals surface area (Å²) in [4.78, 5) is 24.4. The third-order valence-corrected chi connectivity index (χ3v) is 4.31. The van der Waals surface area contributed by atoms with Gasteiger partial charge in [0.2, 0.25) is 0 Å². The van der Waals surface area contributed by atoms with E-state index >= 15 is 0 Å². The van der Waals surface area contributed by atoms with Gasteiger partial charge < -0.3 is 10.6 Å². The highest BCUT2D eigenvalue weighted by Gasteiger charge is 2.34. The van der Waals surface area contributed by atoms with Crippen molar-refractivity contribution in [1.29, 1.82) is 0 Å². The van der Waals surface area contributed by atoms with Crippen molar-refractivity contribution < 1.29 is 9.59 Å². The van der Waals surface area contributed by atoms with Crippen LogP contribution in [0, 0.1) is 12.8 Å². The zero-order valence-electron chi connectivity index (χ0n) is 13.5. The van der Waals surface area contributed by atoms with Crippen LogP contribution >= 0.6 is 11.6 Å². The van der Waals surface area contributed by atoms with Gasteiger partial charge in [0.1, 0.15) is 5.82 Å². The first-order valence-electron chi connectivity index (χ1n) is 7.82. The first-order valence-corrected chi connectivity index (χ1v) is 8.20. The molecule has 1 fully saturated rings. The van der Waals surface area contributed by atoms with E-state index in [9.17, 15) is 9.59 Å². The number of aryl methyl sites for hydroxylation is 2. The number of nitrogens with one attached hydrogen (secondary N) is 2. The molecule has 1 atom stereocenters. The van der Waals surface area contributed by atoms with Crippen LogP contribution in [-0.2, 0) is 16.6 Å². The lowest BCUT2D eigenvalue weighted by Crippen LogP contribution is -2.38. The average Bonchev–Trinajstić information content (AvgIpc) is 3.32. The van der Waals surface area contributed by atoms with Crippen molar-refractivity contribution in [3.05, 3.63) is 46.6 Å². The highest BCUT2D eigenvalue weighted by molar-refractivity contribution is 6.39. The molecule has 0 aliphatic heterocycles. The maximum Gasteiger partial charge on any atom is 0.314 e. The van der Waals surface area contributed by atoms with Gasteiger partial charge in [-0.05, 0) is 43.4 Å². The molecule has 2 N–H and O–H groups in total. The highest BCUT2D eigenvalue weighted by atomic mass is 35.5. The van der Waals surface area contributed by atoms with Crippen molar-refractivity contribution >= 4 is 29.2 Å². The molecule has 0 spiro atoms. The van der Waals surface area contributed by atoms with Gasteiger partial charge >= 0.3 is 11.8 Å². The molecular weight excluding hydrogens is 328 g/mol. The van der Waals surface area contributed by atoms with Crippen LogP contribution in [0.2, 0.25) is 5.02 Å². The monoisotopic (exact) mass is 346 g/mol. The number of carbonyl (C=O) groups excluding carboxylic acids is 2. The molecular formula is C17H19ClN4O2. The Kier molecular flexibility index (Phi) is 4.57. The van der Waals surface area contributed by atoms with E-state index in [-0.39, 0.29) is 6.04 Å². The minimum absolute atomic E-state index is 0.172. The van der Waals surface area contributed by atoms with Crippen LogP contribution in [0.5, 0.6) is 0 Å². The Bertz CT molecular complexity index is 765. The van der Waals surface area contributed by atoms with Gasteiger partial charge in [0.05, 0.1) is 11.7 Å². The minimum atomic E-state index is -0.697. The van der Waals surface area contributed by atoms with Gasteiger partial charge in [0, 0.05) is 18.1 Å². The second-order valence-electron chi connectivity index (χ2n) is 6.09. The van der Waals surface area contributed by atoms with Crippen LogP contribution in [0.1, 0.15) is 30.1 Å². The number of halogens is 1. The van der Waals surface area contributed by atoms with Crippen LogP contribution in [0.15, 0.2) is 30.3 Å². The number of carbonyl (C=O) groups is 2. The predicted octanol–water partition coefficient (Wildman–Crippen LogP) is 2.59. The lowest BCUT2D eigenvalue weighted by molar-refractivity contribution is -0.136. The van der Waals surface area contributed by atoms with E-state index in [2.05, 4.69) is 15.7 Å². The van der Waals surface area contributed by atoms with Gasteiger partial charge in [-0.2, -0.15) is 5.10 Å². The molecule has 2 aromatic rings. The van der Waals surface area contributed by atoms with E-state index in [0.717, 1.165) is 24.1 Å². The summed E-state index contributed by atoms with van der Waals surface area (Å²) in [6.07, 6.45) is 2.08. The summed E-state index contributed by atoms with van der Waals surface area (Å²) in [7, 11) is 1.71. The predicted molar refractivity (Wildman–Crippen MR) is 91.6 cm³/mol. The largest absolute Gasteiger partial charge is 0.341 e. The van der Waals surface area contributed by atoms with Gasteiger partial charge in [-0.15, -0.1) is 0 Å². The number of hydrogen-bond acceptors (Lipinski definition) is 3. The number of amides is 2. The molecule has 0 bridgehead atoms. The zero-order chi connectivity index (χ0) is 17.3. The van der Waals surface area contributed by atoms with Gasteiger partial charge in [0.25, 0.3) is 0 Å². The second-order valence-corrected chi connectivity index (χ2v) is 6.53. The number of benzene rings is 1. The quantitative estimate of drug-likeness (QED) is 0.835. The summed E-state index contributed by atoms with van der Waals surface area (Å²) in [6.45, 7) is 1.82. The molecule has 2 amide bonds. The van der Waals surface area contributed by atoms with Gasteiger partial charge in [-0.1, -0.05) is 23.7 Å². The first-order chi connectivity index (χ1) is 11.4. The topological polar surface area (TPSA) is 76.0 Å². The molecule has 1 aromatic heterocycles. The van der Waals surface area contributed by atoms with E-state index in [1.807, 2.05) is 19.1 Å². The molecule has 7 heteroatoms. The third-order valence-electron chi connectivity index (χ3n) is 4.06. The molecule has 0 saturated heterocycles. The normalized spacial score (nSPS) is 15.0. The Morgan fingerprint density at radius 3 is 2.46 bits per heavy atom. The standard InChI is InChI=1S/C17H19ClN4O2/c1-10-9-14(22(2)21-10)19-16(23)17(24)20-15(11-3-4-11)12-5-7-13(18)8-6-12/h5-9,11,15H,3-4H2,1-2H3,(H,19,23)(H,20,24)/t15-/m0/s1. The molecule has 0 radical (unpaired) electrons. The van der Waals surface area contributed by atoms with Crippen LogP contribution in [-0.4, -0.2) is 21.6 Å². The third kappa shape index (κ3) is 3.76. The minimum Gasteiger partial charge on any atom is -0.341 e. The number of rotatable bonds is 4. The zero-order valence-corrected chi connectivity index (χ0v) is 14.3. The van der Waals surface area contributed by atoms with Gasteiger partial charge in [-0.25, -0.2) is 0 Å². The van der Waals surface area contributed by atoms with Crippen molar-refractivity contribution in [2.24, 2.45) is 13.0 Å². The van der Waals surface area contributed by atoms with E-state index in [1.54, 1.807) is 25.2 Å². The summed E-state index contributed by atoms with van der Waals surface area (Å²) in [5.41, 5.74) is 1.73. The number of hydrogen-bond donors (Lipinski definition) is 2. The Labute approximate surface area is 145 Å². The lowest BCUT2D eigenvalue weighted by atomic mass is 10.0. The molecule has 1 aromatic carbocycles. The van der Waals surface area contributed by atoms with Crippen LogP contribution in [0.4, 0.5) is 5.82 Å². The number of anilines is 1. The molecule has 1 saturated carbocycles. The van der Waals surface area contributed by atoms with Gasteiger partial charge in [-0.3, -0.25) is 14.3 Å². The fourth-order valence-electron chi connectivity index (χ4n) is 2.68. The molecule has 1 aliphatic rings. The molecule has 1 heterocycles. The summed E-state index contributed by atoms with van der Waals surface area (Å²) in [5, 5.41) is 10.2. The molecule has 126 valence electrons. The van der Waals surface area contributed by atoms with E-state index < -0.39 is 11.8 Å². The summed E-state index contributed by atoms with van der Waals surface area (Å²) < 4.78 is 1.53. The van der Waals surface area contributed by atoms with Crippen LogP contribution < -0.4 is 10.6 Å². The van der Waals surface area contributed by atoms with E-state index in [4.69, 9.17) is 11.6 Å². The summed E-state index contributed by atoms with van der Waals surface area (Å²) in [5.74, 6) is -0.498. The maximum atomic E-state index is 12.3. The van der Waals surface area contributed by atoms with E-state index in [0.29, 0.717) is 16.8 Å². The SMILES string of the molecule is Cc1cc(NC(=O)C(=O)N[C@H](c2ccc(Cl)cc2)C2CC2)n(C)n1. The molecule has 3 rings (SSSR count). The number of nitrogens with zero attached hydrogens (tertiary/aromatic N) is 2. The maximum absolute atomic E-state index is 12.3. The van der Waals surface area contributed by atoms with Crippen molar-refractivity contribution in [3.63, 3.8) is 0 Å². The van der Waals surface area contributed by atoms with Crippen molar-refractivity contribution in [2.45, 2.75) is 25.8 Å². The van der Waals surface area contributed by atoms with Crippen molar-refractivity contribution in [1.82, 2.24) is 15.1 Å². The molecule has 1 aliphatic carbocycles. The van der Waals surface area contributed by atoms with Crippen LogP contribution in [0.25, 0.3) is 0 Å². The highest BCUT2D eigenvalue weighted by Crippen LogP contribution is 2.41. The molecule has 24 heavy (non-hydrogen) atoms. The Morgan fingerprint density at radius 2 is 1.92 bits per heavy atom. The fraction of sp³-hybridized carbons (Fsp3) is 0.353. The van der Waals surface area contributed by atoms with Gasteiger partial charge in [0.15, 0.2) is 0 Å². The summed E-state index contributed by atoms with van der Waals surface area (Å²) in [6, 6.07) is 8.88. The second kappa shape index (κ2) is 6.65. The lowest BCUT2D eigenvalue weighted by Gasteiger charge is -2.18. The van der Waals surface area contributed by atoms with Crippen LogP contribution in [0.3, 0.4) is 0 Å². The van der Waals surface area contributed by atoms with Crippen molar-refractivity contribution in [3.8, 4) is 0 Å². The molecule has 0 unspecified atom stereocenters. The average molecular weight is 347 g/mol. The summed E-state index contributed by atoms with van der Waals surface area (Å²) >= 11 is 5.92. The molecule has 6 nitrogen and oxygen atoms in total.